The molecule has 21 heavy (non-hydrogen) atoms. The Balaban J connectivity index is 2.15. The van der Waals surface area contributed by atoms with E-state index in [0.717, 1.165) is 6.42 Å². The van der Waals surface area contributed by atoms with Crippen molar-refractivity contribution in [2.75, 3.05) is 0 Å². The van der Waals surface area contributed by atoms with Crippen LogP contribution in [0.4, 0.5) is 0 Å². The molecule has 0 radical (unpaired) electrons. The van der Waals surface area contributed by atoms with Crippen molar-refractivity contribution in [3.05, 3.63) is 29.8 Å². The fourth-order valence-corrected chi connectivity index (χ4v) is 1.64. The van der Waals surface area contributed by atoms with Crippen LogP contribution in [0.1, 0.15) is 37.7 Å². The van der Waals surface area contributed by atoms with E-state index in [0.29, 0.717) is 24.8 Å². The number of rotatable bonds is 8. The molecule has 0 spiro atoms. The number of hydrazone groups is 1. The molecular weight excluding hydrogens is 274 g/mol. The highest BCUT2D eigenvalue weighted by Gasteiger charge is 2.01. The molecule has 1 rings (SSSR count). The lowest BCUT2D eigenvalue weighted by Gasteiger charge is -2.01. The molecular formula is C14H19N3O4. The number of amides is 2. The van der Waals surface area contributed by atoms with Gasteiger partial charge in [0.15, 0.2) is 0 Å². The average Bonchev–Trinajstić information content (AvgIpc) is 2.46. The number of benzene rings is 1. The molecule has 0 atom stereocenters. The first-order valence-corrected chi connectivity index (χ1v) is 6.65. The number of phenolic OH excluding ortho intramolecular Hbond substituents is 1. The zero-order valence-corrected chi connectivity index (χ0v) is 11.6. The van der Waals surface area contributed by atoms with Crippen LogP contribution in [0.15, 0.2) is 29.4 Å². The lowest BCUT2D eigenvalue weighted by atomic mass is 10.1. The Bertz CT molecular complexity index is 503. The third-order valence-corrected chi connectivity index (χ3v) is 2.71. The van der Waals surface area contributed by atoms with Gasteiger partial charge in [-0.2, -0.15) is 5.10 Å². The van der Waals surface area contributed by atoms with Gasteiger partial charge in [-0.05, 0) is 30.5 Å². The summed E-state index contributed by atoms with van der Waals surface area (Å²) in [4.78, 5) is 22.2. The highest BCUT2D eigenvalue weighted by molar-refractivity contribution is 5.82. The smallest absolute Gasteiger partial charge is 0.243 e. The maximum atomic E-state index is 11.5. The Morgan fingerprint density at radius 2 is 1.86 bits per heavy atom. The minimum absolute atomic E-state index is 0.136. The van der Waals surface area contributed by atoms with E-state index in [-0.39, 0.29) is 18.1 Å². The van der Waals surface area contributed by atoms with Crippen LogP contribution in [0.3, 0.4) is 0 Å². The number of hydrogen-bond donors (Lipinski definition) is 4. The fraction of sp³-hybridized carbons (Fsp3) is 0.357. The van der Waals surface area contributed by atoms with Crippen LogP contribution in [-0.2, 0) is 9.59 Å². The number of aromatic hydroxyl groups is 1. The average molecular weight is 293 g/mol. The largest absolute Gasteiger partial charge is 0.508 e. The van der Waals surface area contributed by atoms with Crippen molar-refractivity contribution in [3.63, 3.8) is 0 Å². The summed E-state index contributed by atoms with van der Waals surface area (Å²) in [6.07, 6.45) is 3.99. The number of nitrogens with one attached hydrogen (secondary N) is 2. The maximum Gasteiger partial charge on any atom is 0.243 e. The van der Waals surface area contributed by atoms with Crippen molar-refractivity contribution in [1.29, 1.82) is 0 Å². The van der Waals surface area contributed by atoms with Crippen LogP contribution < -0.4 is 10.9 Å². The van der Waals surface area contributed by atoms with E-state index in [2.05, 4.69) is 10.5 Å². The summed E-state index contributed by atoms with van der Waals surface area (Å²) in [5.41, 5.74) is 4.63. The Labute approximate surface area is 122 Å². The number of unbranched alkanes of at least 4 members (excludes halogenated alkanes) is 2. The van der Waals surface area contributed by atoms with Crippen LogP contribution in [-0.4, -0.2) is 28.3 Å². The predicted octanol–water partition coefficient (Wildman–Crippen LogP) is 1.30. The van der Waals surface area contributed by atoms with E-state index in [4.69, 9.17) is 5.21 Å². The molecule has 2 amide bonds. The minimum Gasteiger partial charge on any atom is -0.508 e. The highest BCUT2D eigenvalue weighted by Crippen LogP contribution is 2.08. The summed E-state index contributed by atoms with van der Waals surface area (Å²) in [7, 11) is 0. The van der Waals surface area contributed by atoms with E-state index in [1.807, 2.05) is 0 Å². The number of phenols is 1. The van der Waals surface area contributed by atoms with Crippen LogP contribution in [0.25, 0.3) is 0 Å². The molecule has 0 aliphatic heterocycles. The Morgan fingerprint density at radius 3 is 2.52 bits per heavy atom. The second kappa shape index (κ2) is 9.49. The summed E-state index contributed by atoms with van der Waals surface area (Å²) in [6.45, 7) is 0. The van der Waals surface area contributed by atoms with Crippen molar-refractivity contribution in [3.8, 4) is 5.75 Å². The van der Waals surface area contributed by atoms with Crippen molar-refractivity contribution in [2.24, 2.45) is 5.10 Å². The molecule has 7 heteroatoms. The van der Waals surface area contributed by atoms with Gasteiger partial charge in [0.1, 0.15) is 5.75 Å². The molecule has 7 nitrogen and oxygen atoms in total. The molecule has 0 bridgehead atoms. The molecule has 1 aromatic rings. The van der Waals surface area contributed by atoms with Gasteiger partial charge in [-0.25, -0.2) is 10.9 Å². The van der Waals surface area contributed by atoms with Crippen molar-refractivity contribution in [1.82, 2.24) is 10.9 Å². The summed E-state index contributed by atoms with van der Waals surface area (Å²) in [5.74, 6) is -0.495. The number of hydrogen-bond acceptors (Lipinski definition) is 5. The summed E-state index contributed by atoms with van der Waals surface area (Å²) in [5, 5.41) is 21.3. The molecule has 0 saturated heterocycles. The van der Waals surface area contributed by atoms with Crippen LogP contribution in [0.2, 0.25) is 0 Å². The standard InChI is InChI=1S/C14H19N3O4/c18-12-6-4-5-11(9-12)10-15-16-13(19)7-2-1-3-8-14(20)17-21/h4-6,9-10,18,21H,1-3,7-8H2,(H,16,19)(H,17,20)/b15-10+. The second-order valence-corrected chi connectivity index (χ2v) is 4.48. The molecule has 0 heterocycles. The van der Waals surface area contributed by atoms with Crippen LogP contribution in [0.5, 0.6) is 5.75 Å². The summed E-state index contributed by atoms with van der Waals surface area (Å²) < 4.78 is 0. The van der Waals surface area contributed by atoms with Crippen molar-refractivity contribution >= 4 is 18.0 Å². The normalized spacial score (nSPS) is 10.5. The second-order valence-electron chi connectivity index (χ2n) is 4.48. The van der Waals surface area contributed by atoms with Crippen molar-refractivity contribution < 1.29 is 19.9 Å². The predicted molar refractivity (Wildman–Crippen MR) is 76.9 cm³/mol. The number of carbonyl (C=O) groups is 2. The first kappa shape index (κ1) is 16.6. The topological polar surface area (TPSA) is 111 Å². The highest BCUT2D eigenvalue weighted by atomic mass is 16.5. The first-order valence-electron chi connectivity index (χ1n) is 6.65. The Kier molecular flexibility index (Phi) is 7.52. The molecule has 0 fully saturated rings. The van der Waals surface area contributed by atoms with Crippen LogP contribution in [0, 0.1) is 0 Å². The lowest BCUT2D eigenvalue weighted by Crippen LogP contribution is -2.18. The van der Waals surface area contributed by atoms with E-state index in [1.54, 1.807) is 23.7 Å². The fourth-order valence-electron chi connectivity index (χ4n) is 1.64. The molecule has 0 aliphatic rings. The molecule has 1 aromatic carbocycles. The first-order chi connectivity index (χ1) is 10.1. The van der Waals surface area contributed by atoms with Crippen LogP contribution >= 0.6 is 0 Å². The maximum absolute atomic E-state index is 11.5. The summed E-state index contributed by atoms with van der Waals surface area (Å²) >= 11 is 0. The van der Waals surface area contributed by atoms with Gasteiger partial charge in [0.05, 0.1) is 6.21 Å². The van der Waals surface area contributed by atoms with Gasteiger partial charge in [-0.1, -0.05) is 18.6 Å². The zero-order valence-electron chi connectivity index (χ0n) is 11.6. The zero-order chi connectivity index (χ0) is 15.5. The van der Waals surface area contributed by atoms with Gasteiger partial charge < -0.3 is 5.11 Å². The Morgan fingerprint density at radius 1 is 1.14 bits per heavy atom. The molecule has 0 saturated carbocycles. The van der Waals surface area contributed by atoms with Gasteiger partial charge in [-0.3, -0.25) is 14.8 Å². The number of nitrogens with zero attached hydrogens (tertiary/aromatic N) is 1. The minimum atomic E-state index is -0.421. The lowest BCUT2D eigenvalue weighted by molar-refractivity contribution is -0.129. The van der Waals surface area contributed by atoms with Gasteiger partial charge in [0.2, 0.25) is 11.8 Å². The van der Waals surface area contributed by atoms with E-state index >= 15 is 0 Å². The summed E-state index contributed by atoms with van der Waals surface area (Å²) in [6, 6.07) is 6.51. The van der Waals surface area contributed by atoms with Crippen molar-refractivity contribution in [2.45, 2.75) is 32.1 Å². The molecule has 0 aromatic heterocycles. The number of carbonyl (C=O) groups excluding carboxylic acids is 2. The SMILES string of the molecule is O=C(CCCCCC(=O)N/N=C/c1cccc(O)c1)NO. The third kappa shape index (κ3) is 7.68. The van der Waals surface area contributed by atoms with Gasteiger partial charge >= 0.3 is 0 Å². The monoisotopic (exact) mass is 293 g/mol. The quantitative estimate of drug-likeness (QED) is 0.250. The molecule has 4 N–H and O–H groups in total. The number of hydroxylamine groups is 1. The molecule has 0 aliphatic carbocycles. The van der Waals surface area contributed by atoms with E-state index < -0.39 is 5.91 Å². The molecule has 114 valence electrons. The Hall–Kier alpha value is -2.41. The van der Waals surface area contributed by atoms with E-state index in [9.17, 15) is 14.7 Å². The van der Waals surface area contributed by atoms with E-state index in [1.165, 1.54) is 12.3 Å². The van der Waals surface area contributed by atoms with Gasteiger partial charge in [0.25, 0.3) is 0 Å². The van der Waals surface area contributed by atoms with Gasteiger partial charge in [0, 0.05) is 12.8 Å². The third-order valence-electron chi connectivity index (χ3n) is 2.71. The van der Waals surface area contributed by atoms with Gasteiger partial charge in [-0.15, -0.1) is 0 Å². The molecule has 0 unspecified atom stereocenters.